The van der Waals surface area contributed by atoms with Gasteiger partial charge in [-0.05, 0) is 42.3 Å². The van der Waals surface area contributed by atoms with Crippen molar-refractivity contribution in [1.29, 1.82) is 0 Å². The first-order valence-corrected chi connectivity index (χ1v) is 12.3. The van der Waals surface area contributed by atoms with E-state index in [1.807, 2.05) is 67.6 Å². The van der Waals surface area contributed by atoms with Crippen molar-refractivity contribution >= 4 is 50.0 Å². The smallest absolute Gasteiger partial charge is 0.260 e. The van der Waals surface area contributed by atoms with Crippen LogP contribution in [0.25, 0.3) is 10.2 Å². The average molecular weight is 497 g/mol. The number of anilines is 1. The molecule has 1 amide bonds. The highest BCUT2D eigenvalue weighted by atomic mass is 35.5. The number of aryl methyl sites for hydroxylation is 1. The molecule has 0 aliphatic rings. The SMILES string of the molecule is Cc1cc(Cl)cc2sc(N(Cc3ccccc3)C(=O)c3ccc(C(=O)c4ccccc4)cc3)nc12. The second-order valence-electron chi connectivity index (χ2n) is 8.22. The standard InChI is InChI=1S/C29H21ClN2O2S/c1-19-16-24(30)17-25-26(19)31-29(35-25)32(18-20-8-4-2-5-9-20)28(34)23-14-12-22(13-15-23)27(33)21-10-6-3-7-11-21/h2-17H,18H2,1H3. The van der Waals surface area contributed by atoms with Gasteiger partial charge in [0.15, 0.2) is 10.9 Å². The third-order valence-electron chi connectivity index (χ3n) is 5.73. The minimum atomic E-state index is -0.185. The molecule has 0 radical (unpaired) electrons. The molecule has 0 fully saturated rings. The van der Waals surface area contributed by atoms with E-state index in [2.05, 4.69) is 0 Å². The summed E-state index contributed by atoms with van der Waals surface area (Å²) in [7, 11) is 0. The van der Waals surface area contributed by atoms with E-state index in [4.69, 9.17) is 16.6 Å². The van der Waals surface area contributed by atoms with E-state index >= 15 is 0 Å². The van der Waals surface area contributed by atoms with Gasteiger partial charge in [-0.3, -0.25) is 14.5 Å². The molecule has 0 unspecified atom stereocenters. The topological polar surface area (TPSA) is 50.3 Å². The van der Waals surface area contributed by atoms with Crippen molar-refractivity contribution in [1.82, 2.24) is 4.98 Å². The van der Waals surface area contributed by atoms with Crippen LogP contribution in [0.4, 0.5) is 5.13 Å². The number of hydrogen-bond donors (Lipinski definition) is 0. The molecule has 0 N–H and O–H groups in total. The van der Waals surface area contributed by atoms with Gasteiger partial charge in [-0.15, -0.1) is 0 Å². The Hall–Kier alpha value is -3.80. The molecule has 0 saturated heterocycles. The monoisotopic (exact) mass is 496 g/mol. The first kappa shape index (κ1) is 23.0. The maximum Gasteiger partial charge on any atom is 0.260 e. The summed E-state index contributed by atoms with van der Waals surface area (Å²) < 4.78 is 0.930. The second-order valence-corrected chi connectivity index (χ2v) is 9.66. The summed E-state index contributed by atoms with van der Waals surface area (Å²) in [5.74, 6) is -0.264. The van der Waals surface area contributed by atoms with Crippen LogP contribution in [0.3, 0.4) is 0 Å². The van der Waals surface area contributed by atoms with Crippen LogP contribution in [0.15, 0.2) is 97.1 Å². The molecule has 5 aromatic rings. The Labute approximate surface area is 212 Å². The molecule has 6 heteroatoms. The number of nitrogens with zero attached hydrogens (tertiary/aromatic N) is 2. The summed E-state index contributed by atoms with van der Waals surface area (Å²) in [4.78, 5) is 33.0. The number of carbonyl (C=O) groups is 2. The van der Waals surface area contributed by atoms with Crippen molar-refractivity contribution < 1.29 is 9.59 Å². The van der Waals surface area contributed by atoms with Crippen LogP contribution in [0.1, 0.15) is 37.4 Å². The van der Waals surface area contributed by atoms with Crippen molar-refractivity contribution in [2.24, 2.45) is 0 Å². The van der Waals surface area contributed by atoms with E-state index in [0.717, 1.165) is 21.3 Å². The number of aromatic nitrogens is 1. The van der Waals surface area contributed by atoms with Crippen LogP contribution in [-0.4, -0.2) is 16.7 Å². The van der Waals surface area contributed by atoms with Crippen LogP contribution >= 0.6 is 22.9 Å². The fourth-order valence-corrected chi connectivity index (χ4v) is 5.34. The van der Waals surface area contributed by atoms with Crippen molar-refractivity contribution in [3.8, 4) is 0 Å². The number of carbonyl (C=O) groups excluding carboxylic acids is 2. The van der Waals surface area contributed by atoms with Crippen molar-refractivity contribution in [3.05, 3.63) is 130 Å². The zero-order chi connectivity index (χ0) is 24.4. The molecule has 5 rings (SSSR count). The fraction of sp³-hybridized carbons (Fsp3) is 0.0690. The van der Waals surface area contributed by atoms with Gasteiger partial charge in [-0.25, -0.2) is 4.98 Å². The van der Waals surface area contributed by atoms with Crippen LogP contribution in [0.5, 0.6) is 0 Å². The van der Waals surface area contributed by atoms with Crippen LogP contribution in [0, 0.1) is 6.92 Å². The molecular weight excluding hydrogens is 476 g/mol. The lowest BCUT2D eigenvalue weighted by Gasteiger charge is -2.20. The van der Waals surface area contributed by atoms with Crippen LogP contribution < -0.4 is 4.90 Å². The van der Waals surface area contributed by atoms with Gasteiger partial charge in [0, 0.05) is 21.7 Å². The predicted molar refractivity (Wildman–Crippen MR) is 143 cm³/mol. The summed E-state index contributed by atoms with van der Waals surface area (Å²) >= 11 is 7.69. The number of fused-ring (bicyclic) bond motifs is 1. The molecular formula is C29H21ClN2O2S. The Morgan fingerprint density at radius 1 is 0.829 bits per heavy atom. The lowest BCUT2D eigenvalue weighted by Crippen LogP contribution is -2.30. The summed E-state index contributed by atoms with van der Waals surface area (Å²) in [6.07, 6.45) is 0. The third-order valence-corrected chi connectivity index (χ3v) is 6.97. The van der Waals surface area contributed by atoms with Crippen molar-refractivity contribution in [2.45, 2.75) is 13.5 Å². The Balaban J connectivity index is 1.50. The summed E-state index contributed by atoms with van der Waals surface area (Å²) in [6, 6.07) is 29.5. The van der Waals surface area contributed by atoms with Gasteiger partial charge in [-0.1, -0.05) is 95.7 Å². The Morgan fingerprint density at radius 2 is 1.43 bits per heavy atom. The van der Waals surface area contributed by atoms with E-state index < -0.39 is 0 Å². The third kappa shape index (κ3) is 4.87. The van der Waals surface area contributed by atoms with Gasteiger partial charge in [0.05, 0.1) is 16.8 Å². The highest BCUT2D eigenvalue weighted by Crippen LogP contribution is 2.34. The van der Waals surface area contributed by atoms with Gasteiger partial charge in [0.1, 0.15) is 0 Å². The largest absolute Gasteiger partial charge is 0.289 e. The maximum absolute atomic E-state index is 13.7. The second kappa shape index (κ2) is 9.82. The number of amides is 1. The molecule has 4 aromatic carbocycles. The molecule has 0 aliphatic heterocycles. The molecule has 0 bridgehead atoms. The lowest BCUT2D eigenvalue weighted by molar-refractivity contribution is 0.0982. The van der Waals surface area contributed by atoms with Gasteiger partial charge < -0.3 is 0 Å². The molecule has 1 aromatic heterocycles. The summed E-state index contributed by atoms with van der Waals surface area (Å²) in [6.45, 7) is 2.33. The number of benzene rings is 4. The minimum Gasteiger partial charge on any atom is -0.289 e. The normalized spacial score (nSPS) is 10.9. The molecule has 4 nitrogen and oxygen atoms in total. The first-order valence-electron chi connectivity index (χ1n) is 11.1. The van der Waals surface area contributed by atoms with Crippen molar-refractivity contribution in [2.75, 3.05) is 4.90 Å². The number of thiazole rings is 1. The molecule has 0 atom stereocenters. The number of hydrogen-bond acceptors (Lipinski definition) is 4. The van der Waals surface area contributed by atoms with Crippen LogP contribution in [-0.2, 0) is 6.54 Å². The van der Waals surface area contributed by atoms with Crippen molar-refractivity contribution in [3.63, 3.8) is 0 Å². The Morgan fingerprint density at radius 3 is 2.11 bits per heavy atom. The molecule has 172 valence electrons. The van der Waals surface area contributed by atoms with E-state index in [1.54, 1.807) is 41.3 Å². The van der Waals surface area contributed by atoms with E-state index in [1.165, 1.54) is 11.3 Å². The predicted octanol–water partition coefficient (Wildman–Crippen LogP) is 7.34. The molecule has 0 spiro atoms. The van der Waals surface area contributed by atoms with E-state index in [0.29, 0.717) is 33.4 Å². The molecule has 1 heterocycles. The van der Waals surface area contributed by atoms with Gasteiger partial charge in [0.25, 0.3) is 5.91 Å². The number of rotatable bonds is 6. The lowest BCUT2D eigenvalue weighted by atomic mass is 10.0. The number of halogens is 1. The highest BCUT2D eigenvalue weighted by molar-refractivity contribution is 7.22. The van der Waals surface area contributed by atoms with Crippen LogP contribution in [0.2, 0.25) is 5.02 Å². The number of ketones is 1. The molecule has 0 aliphatic carbocycles. The molecule has 35 heavy (non-hydrogen) atoms. The maximum atomic E-state index is 13.7. The quantitative estimate of drug-likeness (QED) is 0.231. The first-order chi connectivity index (χ1) is 17.0. The Kier molecular flexibility index (Phi) is 6.45. The average Bonchev–Trinajstić information content (AvgIpc) is 3.32. The zero-order valence-electron chi connectivity index (χ0n) is 18.9. The van der Waals surface area contributed by atoms with Gasteiger partial charge in [-0.2, -0.15) is 0 Å². The summed E-state index contributed by atoms with van der Waals surface area (Å²) in [5.41, 5.74) is 4.42. The Bertz CT molecular complexity index is 1510. The van der Waals surface area contributed by atoms with E-state index in [-0.39, 0.29) is 11.7 Å². The van der Waals surface area contributed by atoms with Gasteiger partial charge in [0.2, 0.25) is 0 Å². The van der Waals surface area contributed by atoms with Gasteiger partial charge >= 0.3 is 0 Å². The zero-order valence-corrected chi connectivity index (χ0v) is 20.5. The highest BCUT2D eigenvalue weighted by Gasteiger charge is 2.23. The van der Waals surface area contributed by atoms with E-state index in [9.17, 15) is 9.59 Å². The molecule has 0 saturated carbocycles. The minimum absolute atomic E-state index is 0.0794. The fourth-order valence-electron chi connectivity index (χ4n) is 3.93. The summed E-state index contributed by atoms with van der Waals surface area (Å²) in [5, 5.41) is 1.24.